The van der Waals surface area contributed by atoms with Crippen molar-refractivity contribution in [3.63, 3.8) is 0 Å². The van der Waals surface area contributed by atoms with Gasteiger partial charge in [0.2, 0.25) is 0 Å². The molecule has 0 bridgehead atoms. The van der Waals surface area contributed by atoms with E-state index in [1.165, 1.54) is 77.5 Å². The molecule has 0 aromatic carbocycles. The molecule has 0 saturated carbocycles. The maximum absolute atomic E-state index is 4.48. The first-order chi connectivity index (χ1) is 22.5. The number of nitrogens with one attached hydrogen (secondary N) is 4. The maximum Gasteiger partial charge on any atom is 0.377 e. The van der Waals surface area contributed by atoms with E-state index < -0.39 is 16.8 Å². The first-order valence-corrected chi connectivity index (χ1v) is 21.3. The number of imidazole rings is 4. The fourth-order valence-electron chi connectivity index (χ4n) is 9.06. The van der Waals surface area contributed by atoms with E-state index in [0.29, 0.717) is 0 Å². The molecule has 12 nitrogen and oxygen atoms in total. The second-order valence-electron chi connectivity index (χ2n) is 13.8. The minimum absolute atomic E-state index is 0.764. The molecule has 4 fully saturated rings. The van der Waals surface area contributed by atoms with Crippen LogP contribution < -0.4 is 21.8 Å². The van der Waals surface area contributed by atoms with Crippen LogP contribution in [0.2, 0.25) is 0 Å². The summed E-state index contributed by atoms with van der Waals surface area (Å²) in [5.41, 5.74) is 3.23. The fraction of sp³-hybridized carbons (Fsp3) is 0.625. The number of nitrogens with zero attached hydrogens (tertiary/aromatic N) is 8. The zero-order valence-electron chi connectivity index (χ0n) is 28.0. The lowest BCUT2D eigenvalue weighted by Crippen LogP contribution is -2.84. The maximum atomic E-state index is 4.48. The van der Waals surface area contributed by atoms with Crippen LogP contribution in [-0.4, -0.2) is 125 Å². The third-order valence-electron chi connectivity index (χ3n) is 11.2. The Morgan fingerprint density at radius 2 is 0.739 bits per heavy atom. The van der Waals surface area contributed by atoms with Gasteiger partial charge in [0.05, 0.1) is 0 Å². The van der Waals surface area contributed by atoms with Gasteiger partial charge in [-0.05, 0) is 77.5 Å². The van der Waals surface area contributed by atoms with Crippen molar-refractivity contribution < 1.29 is 0 Å². The molecule has 0 aliphatic carbocycles. The molecule has 14 heteroatoms. The summed E-state index contributed by atoms with van der Waals surface area (Å²) in [5, 5.41) is 0. The smallest absolute Gasteiger partial charge is 0.351 e. The van der Waals surface area contributed by atoms with Crippen LogP contribution >= 0.6 is 0 Å². The zero-order valence-corrected chi connectivity index (χ0v) is 30.0. The van der Waals surface area contributed by atoms with Crippen LogP contribution in [0, 0.1) is 0 Å². The molecular formula is C32H52N12Si2. The molecule has 8 rings (SSSR count). The number of hydrogen-bond acceptors (Lipinski definition) is 8. The number of rotatable bonds is 8. The lowest BCUT2D eigenvalue weighted by molar-refractivity contribution is 0.152. The van der Waals surface area contributed by atoms with Crippen molar-refractivity contribution in [3.05, 3.63) is 49.6 Å². The predicted octanol–water partition coefficient (Wildman–Crippen LogP) is 1.32. The monoisotopic (exact) mass is 660 g/mol. The molecule has 4 saturated heterocycles. The van der Waals surface area contributed by atoms with E-state index in [9.17, 15) is 0 Å². The fourth-order valence-corrected chi connectivity index (χ4v) is 19.4. The normalized spacial score (nSPS) is 28.1. The van der Waals surface area contributed by atoms with Gasteiger partial charge in [-0.25, -0.2) is 19.9 Å². The predicted molar refractivity (Wildman–Crippen MR) is 186 cm³/mol. The van der Waals surface area contributed by atoms with E-state index in [4.69, 9.17) is 0 Å². The van der Waals surface area contributed by atoms with Crippen LogP contribution in [0.15, 0.2) is 49.6 Å². The number of hydrogen-bond donors (Lipinski definition) is 4. The average Bonchev–Trinajstić information content (AvgIpc) is 3.87. The molecule has 4 atom stereocenters. The molecule has 0 amide bonds. The van der Waals surface area contributed by atoms with Crippen molar-refractivity contribution in [2.75, 3.05) is 26.2 Å². The van der Waals surface area contributed by atoms with Gasteiger partial charge in [0, 0.05) is 73.7 Å². The minimum atomic E-state index is -2.76. The summed E-state index contributed by atoms with van der Waals surface area (Å²) in [5.74, 6) is 0. The van der Waals surface area contributed by atoms with E-state index in [2.05, 4.69) is 85.8 Å². The molecule has 0 radical (unpaired) electrons. The Labute approximate surface area is 275 Å². The third-order valence-corrected chi connectivity index (χ3v) is 20.8. The van der Waals surface area contributed by atoms with Gasteiger partial charge in [0.1, 0.15) is 21.8 Å². The van der Waals surface area contributed by atoms with E-state index in [1.54, 1.807) is 49.6 Å². The van der Waals surface area contributed by atoms with E-state index in [-0.39, 0.29) is 0 Å². The standard InChI is InChI=1S/C20H40N4Si.C12H12N8Si/c1-17-9-5-13-21(17)25(22-14-6-10-18(22)2,23-15-7-11-19(23)3)24-16-8-12-20(24)4;1-2-14-9(13-1)21(10-15-3-4-16-10,11-17-5-6-18-11)12-19-7-8-20-12/h17-20H,5-16H2,1-4H3;1-8H,(H,13,14)(H,15,16)(H,17,18)(H,19,20). The average molecular weight is 661 g/mol. The molecule has 0 spiro atoms. The first kappa shape index (κ1) is 31.7. The molecule has 4 aromatic heterocycles. The zero-order chi connectivity index (χ0) is 31.7. The Morgan fingerprint density at radius 3 is 0.913 bits per heavy atom. The topological polar surface area (TPSA) is 128 Å². The van der Waals surface area contributed by atoms with Gasteiger partial charge < -0.3 is 19.9 Å². The van der Waals surface area contributed by atoms with Crippen molar-refractivity contribution >= 4 is 38.6 Å². The summed E-state index contributed by atoms with van der Waals surface area (Å²) in [6, 6.07) is 3.06. The molecular weight excluding hydrogens is 609 g/mol. The highest BCUT2D eigenvalue weighted by Crippen LogP contribution is 2.42. The van der Waals surface area contributed by atoms with E-state index in [0.717, 1.165) is 46.0 Å². The summed E-state index contributed by atoms with van der Waals surface area (Å²) in [6.45, 7) is 15.4. The largest absolute Gasteiger partial charge is 0.377 e. The molecule has 4 aliphatic heterocycles. The molecule has 8 heterocycles. The SMILES string of the molecule is CC1CCCN1[Si](N1CCCC1C)(N1CCCC1C)N1CCCC1C.c1c[nH]c([Si](c2ncc[nH]2)(c2ncc[nH]2)c2ncc[nH]2)n1. The Kier molecular flexibility index (Phi) is 9.18. The highest BCUT2D eigenvalue weighted by molar-refractivity contribution is 7.17. The number of H-pyrrole nitrogens is 4. The summed E-state index contributed by atoms with van der Waals surface area (Å²) in [6.07, 6.45) is 25.3. The number of aromatic nitrogens is 8. The van der Waals surface area contributed by atoms with Crippen LogP contribution in [0.5, 0.6) is 0 Å². The molecule has 248 valence electrons. The Balaban J connectivity index is 0.000000149. The van der Waals surface area contributed by atoms with Crippen LogP contribution in [-0.2, 0) is 0 Å². The van der Waals surface area contributed by atoms with E-state index in [1.807, 2.05) is 0 Å². The summed E-state index contributed by atoms with van der Waals surface area (Å²) >= 11 is 0. The summed E-state index contributed by atoms with van der Waals surface area (Å²) < 4.78 is 12.3. The second-order valence-corrected chi connectivity index (χ2v) is 20.7. The molecule has 4 unspecified atom stereocenters. The highest BCUT2D eigenvalue weighted by Gasteiger charge is 2.63. The van der Waals surface area contributed by atoms with Crippen molar-refractivity contribution in [2.45, 2.75) is 103 Å². The van der Waals surface area contributed by atoms with Crippen LogP contribution in [0.3, 0.4) is 0 Å². The van der Waals surface area contributed by atoms with Gasteiger partial charge in [0.15, 0.2) is 0 Å². The molecule has 4 aromatic rings. The lowest BCUT2D eigenvalue weighted by Gasteiger charge is -2.59. The second kappa shape index (κ2) is 13.3. The summed E-state index contributed by atoms with van der Waals surface area (Å²) in [7, 11) is -4.74. The van der Waals surface area contributed by atoms with E-state index >= 15 is 0 Å². The van der Waals surface area contributed by atoms with Crippen molar-refractivity contribution in [2.24, 2.45) is 0 Å². The third kappa shape index (κ3) is 5.17. The van der Waals surface area contributed by atoms with Crippen LogP contribution in [0.25, 0.3) is 0 Å². The van der Waals surface area contributed by atoms with Gasteiger partial charge in [0.25, 0.3) is 0 Å². The highest BCUT2D eigenvalue weighted by atomic mass is 28.4. The van der Waals surface area contributed by atoms with Crippen molar-refractivity contribution in [1.29, 1.82) is 0 Å². The van der Waals surface area contributed by atoms with Gasteiger partial charge in [-0.2, -0.15) is 0 Å². The quantitative estimate of drug-likeness (QED) is 0.209. The minimum Gasteiger partial charge on any atom is -0.351 e. The Morgan fingerprint density at radius 1 is 0.478 bits per heavy atom. The van der Waals surface area contributed by atoms with Crippen molar-refractivity contribution in [3.8, 4) is 0 Å². The van der Waals surface area contributed by atoms with Crippen LogP contribution in [0.4, 0.5) is 0 Å². The van der Waals surface area contributed by atoms with Gasteiger partial charge in [-0.1, -0.05) is 27.7 Å². The van der Waals surface area contributed by atoms with Gasteiger partial charge >= 0.3 is 16.8 Å². The van der Waals surface area contributed by atoms with Gasteiger partial charge in [-0.15, -0.1) is 0 Å². The first-order valence-electron chi connectivity index (χ1n) is 17.5. The van der Waals surface area contributed by atoms with Crippen LogP contribution in [0.1, 0.15) is 79.1 Å². The lowest BCUT2D eigenvalue weighted by atomic mass is 10.3. The Bertz CT molecular complexity index is 1250. The molecule has 46 heavy (non-hydrogen) atoms. The summed E-state index contributed by atoms with van der Waals surface area (Å²) in [4.78, 5) is 30.8. The van der Waals surface area contributed by atoms with Gasteiger partial charge in [-0.3, -0.25) is 18.3 Å². The molecule has 4 N–H and O–H groups in total. The molecule has 4 aliphatic rings. The van der Waals surface area contributed by atoms with Crippen molar-refractivity contribution in [1.82, 2.24) is 58.1 Å². The Hall–Kier alpha value is -2.89. The number of aromatic amines is 4.